The van der Waals surface area contributed by atoms with Crippen molar-refractivity contribution >= 4 is 40.3 Å². The van der Waals surface area contributed by atoms with Gasteiger partial charge in [0.05, 0.1) is 10.4 Å². The van der Waals surface area contributed by atoms with Crippen LogP contribution in [0.25, 0.3) is 0 Å². The second-order valence-electron chi connectivity index (χ2n) is 10.3. The summed E-state index contributed by atoms with van der Waals surface area (Å²) in [4.78, 5) is 52.5. The van der Waals surface area contributed by atoms with Crippen LogP contribution >= 0.6 is 11.3 Å². The summed E-state index contributed by atoms with van der Waals surface area (Å²) >= 11 is 0.918. The molecule has 0 radical (unpaired) electrons. The fraction of sp³-hybridized carbons (Fsp3) is 0.517. The summed E-state index contributed by atoms with van der Waals surface area (Å²) in [6.07, 6.45) is 5.72. The minimum Gasteiger partial charge on any atom is -0.456 e. The molecule has 4 amide bonds. The summed E-state index contributed by atoms with van der Waals surface area (Å²) in [5, 5.41) is 5.68. The number of esters is 1. The van der Waals surface area contributed by atoms with Gasteiger partial charge in [-0.3, -0.25) is 10.1 Å². The second-order valence-corrected chi connectivity index (χ2v) is 11.3. The van der Waals surface area contributed by atoms with Crippen LogP contribution in [0.4, 0.5) is 14.6 Å². The van der Waals surface area contributed by atoms with E-state index in [1.165, 1.54) is 26.3 Å². The van der Waals surface area contributed by atoms with E-state index in [-0.39, 0.29) is 22.0 Å². The smallest absolute Gasteiger partial charge is 0.416 e. The van der Waals surface area contributed by atoms with Crippen molar-refractivity contribution in [2.75, 3.05) is 18.9 Å². The van der Waals surface area contributed by atoms with Gasteiger partial charge in [0, 0.05) is 13.6 Å². The molecule has 1 aromatic heterocycles. The van der Waals surface area contributed by atoms with E-state index in [2.05, 4.69) is 17.6 Å². The maximum Gasteiger partial charge on any atom is 0.416 e. The first-order valence-electron chi connectivity index (χ1n) is 13.3. The number of unbranched alkanes of at least 4 members (excludes halogenated alkanes) is 5. The van der Waals surface area contributed by atoms with Gasteiger partial charge in [-0.2, -0.15) is 0 Å². The summed E-state index contributed by atoms with van der Waals surface area (Å²) in [7, 11) is 1.31. The summed E-state index contributed by atoms with van der Waals surface area (Å²) < 4.78 is 10.8. The van der Waals surface area contributed by atoms with E-state index >= 15 is 0 Å². The molecule has 0 aliphatic heterocycles. The normalized spacial score (nSPS) is 11.0. The van der Waals surface area contributed by atoms with E-state index in [1.807, 2.05) is 18.2 Å². The first kappa shape index (κ1) is 31.8. The molecule has 0 atom stereocenters. The number of ether oxygens (including phenoxy) is 2. The molecular formula is C29H41N3O6S. The predicted molar refractivity (Wildman–Crippen MR) is 153 cm³/mol. The lowest BCUT2D eigenvalue weighted by Gasteiger charge is -2.20. The maximum atomic E-state index is 13.3. The number of amides is 4. The highest BCUT2D eigenvalue weighted by Crippen LogP contribution is 2.35. The maximum absolute atomic E-state index is 13.3. The molecule has 0 unspecified atom stereocenters. The summed E-state index contributed by atoms with van der Waals surface area (Å²) in [6.45, 7) is 9.45. The first-order valence-corrected chi connectivity index (χ1v) is 14.2. The first-order chi connectivity index (χ1) is 18.4. The Kier molecular flexibility index (Phi) is 12.4. The van der Waals surface area contributed by atoms with E-state index in [1.54, 1.807) is 39.8 Å². The molecule has 1 aromatic carbocycles. The van der Waals surface area contributed by atoms with Gasteiger partial charge in [-0.25, -0.2) is 19.3 Å². The van der Waals surface area contributed by atoms with E-state index in [0.717, 1.165) is 41.1 Å². The number of nitrogens with zero attached hydrogens (tertiary/aromatic N) is 1. The van der Waals surface area contributed by atoms with Crippen LogP contribution in [-0.4, -0.2) is 48.1 Å². The van der Waals surface area contributed by atoms with Crippen LogP contribution in [0.5, 0.6) is 0 Å². The Morgan fingerprint density at radius 3 is 2.26 bits per heavy atom. The number of carbonyl (C=O) groups is 4. The second kappa shape index (κ2) is 15.3. The standard InChI is InChI=1S/C29H41N3O6S/c1-7-8-9-10-11-15-18-30-27(35)31-24-22(26(34)38-29(3,4)5)20(2)23(39-24)25(33)32(6)28(36)37-19-21-16-13-12-14-17-21/h12-14,16-17H,7-11,15,18-19H2,1-6H3,(H2,30,31,35). The topological polar surface area (TPSA) is 114 Å². The number of carbonyl (C=O) groups excluding carboxylic acids is 4. The zero-order valence-electron chi connectivity index (χ0n) is 23.8. The van der Waals surface area contributed by atoms with Crippen molar-refractivity contribution in [1.82, 2.24) is 10.2 Å². The summed E-state index contributed by atoms with van der Waals surface area (Å²) in [5.41, 5.74) is 0.391. The minimum absolute atomic E-state index is 0.00938. The fourth-order valence-corrected chi connectivity index (χ4v) is 4.85. The van der Waals surface area contributed by atoms with Crippen molar-refractivity contribution in [2.24, 2.45) is 0 Å². The van der Waals surface area contributed by atoms with Gasteiger partial charge >= 0.3 is 18.1 Å². The third-order valence-electron chi connectivity index (χ3n) is 5.77. The lowest BCUT2D eigenvalue weighted by Crippen LogP contribution is -2.33. The van der Waals surface area contributed by atoms with Crippen molar-refractivity contribution in [3.05, 3.63) is 51.9 Å². The molecule has 0 bridgehead atoms. The molecule has 214 valence electrons. The average Bonchev–Trinajstić information content (AvgIpc) is 3.20. The Labute approximate surface area is 235 Å². The minimum atomic E-state index is -0.832. The molecule has 0 spiro atoms. The molecule has 1 heterocycles. The largest absolute Gasteiger partial charge is 0.456 e. The SMILES string of the molecule is CCCCCCCCNC(=O)Nc1sc(C(=O)N(C)C(=O)OCc2ccccc2)c(C)c1C(=O)OC(C)(C)C. The van der Waals surface area contributed by atoms with Gasteiger partial charge in [-0.15, -0.1) is 11.3 Å². The molecule has 2 rings (SSSR count). The quantitative estimate of drug-likeness (QED) is 0.216. The van der Waals surface area contributed by atoms with Crippen LogP contribution in [0.3, 0.4) is 0 Å². The van der Waals surface area contributed by atoms with Gasteiger partial charge in [0.25, 0.3) is 5.91 Å². The monoisotopic (exact) mass is 559 g/mol. The van der Waals surface area contributed by atoms with Crippen molar-refractivity contribution in [2.45, 2.75) is 85.4 Å². The molecule has 9 nitrogen and oxygen atoms in total. The third-order valence-corrected chi connectivity index (χ3v) is 6.97. The van der Waals surface area contributed by atoms with Crippen LogP contribution in [0, 0.1) is 6.92 Å². The molecular weight excluding hydrogens is 518 g/mol. The number of imide groups is 1. The molecule has 0 saturated carbocycles. The van der Waals surface area contributed by atoms with Gasteiger partial charge in [-0.1, -0.05) is 69.4 Å². The van der Waals surface area contributed by atoms with Crippen LogP contribution in [0.15, 0.2) is 30.3 Å². The molecule has 0 fully saturated rings. The predicted octanol–water partition coefficient (Wildman–Crippen LogP) is 6.90. The molecule has 0 aliphatic rings. The van der Waals surface area contributed by atoms with Crippen molar-refractivity contribution in [3.8, 4) is 0 Å². The van der Waals surface area contributed by atoms with E-state index in [4.69, 9.17) is 9.47 Å². The summed E-state index contributed by atoms with van der Waals surface area (Å²) in [5.74, 6) is -1.32. The number of benzene rings is 1. The van der Waals surface area contributed by atoms with Gasteiger partial charge in [0.15, 0.2) is 0 Å². The molecule has 39 heavy (non-hydrogen) atoms. The number of nitrogens with one attached hydrogen (secondary N) is 2. The Hall–Kier alpha value is -3.40. The third kappa shape index (κ3) is 10.4. The Balaban J connectivity index is 2.15. The highest BCUT2D eigenvalue weighted by atomic mass is 32.1. The molecule has 2 N–H and O–H groups in total. The van der Waals surface area contributed by atoms with Gasteiger partial charge in [0.2, 0.25) is 0 Å². The zero-order valence-corrected chi connectivity index (χ0v) is 24.7. The number of hydrogen-bond donors (Lipinski definition) is 2. The summed E-state index contributed by atoms with van der Waals surface area (Å²) in [6, 6.07) is 8.63. The van der Waals surface area contributed by atoms with Gasteiger partial charge in [-0.05, 0) is 45.2 Å². The zero-order chi connectivity index (χ0) is 29.0. The lowest BCUT2D eigenvalue weighted by atomic mass is 10.1. The average molecular weight is 560 g/mol. The van der Waals surface area contributed by atoms with Crippen LogP contribution in [0.2, 0.25) is 0 Å². The van der Waals surface area contributed by atoms with E-state index in [9.17, 15) is 19.2 Å². The van der Waals surface area contributed by atoms with Gasteiger partial charge < -0.3 is 14.8 Å². The molecule has 2 aromatic rings. The van der Waals surface area contributed by atoms with Crippen molar-refractivity contribution in [1.29, 1.82) is 0 Å². The Morgan fingerprint density at radius 2 is 1.62 bits per heavy atom. The van der Waals surface area contributed by atoms with Crippen molar-refractivity contribution < 1.29 is 28.7 Å². The molecule has 0 aliphatic carbocycles. The number of thiophene rings is 1. The number of urea groups is 1. The molecule has 0 saturated heterocycles. The van der Waals surface area contributed by atoms with Crippen LogP contribution in [0.1, 0.15) is 97.4 Å². The van der Waals surface area contributed by atoms with Crippen LogP contribution in [-0.2, 0) is 16.1 Å². The highest BCUT2D eigenvalue weighted by Gasteiger charge is 2.32. The highest BCUT2D eigenvalue weighted by molar-refractivity contribution is 7.18. The number of anilines is 1. The van der Waals surface area contributed by atoms with Crippen molar-refractivity contribution in [3.63, 3.8) is 0 Å². The molecule has 10 heteroatoms. The van der Waals surface area contributed by atoms with Crippen LogP contribution < -0.4 is 10.6 Å². The number of rotatable bonds is 12. The lowest BCUT2D eigenvalue weighted by molar-refractivity contribution is 0.00704. The van der Waals surface area contributed by atoms with E-state index in [0.29, 0.717) is 12.1 Å². The van der Waals surface area contributed by atoms with E-state index < -0.39 is 29.6 Å². The van der Waals surface area contributed by atoms with Gasteiger partial charge in [0.1, 0.15) is 17.2 Å². The Bertz CT molecular complexity index is 1120. The number of hydrogen-bond acceptors (Lipinski definition) is 7. The Morgan fingerprint density at radius 1 is 0.974 bits per heavy atom. The fourth-order valence-electron chi connectivity index (χ4n) is 3.69.